The first-order valence-electron chi connectivity index (χ1n) is 5.25. The Balaban J connectivity index is 3.17. The van der Waals surface area contributed by atoms with Crippen molar-refractivity contribution in [2.75, 3.05) is 39.5 Å². The van der Waals surface area contributed by atoms with E-state index in [2.05, 4.69) is 17.2 Å². The minimum Gasteiger partial charge on any atom is -0.389 e. The van der Waals surface area contributed by atoms with E-state index in [4.69, 9.17) is 9.47 Å². The van der Waals surface area contributed by atoms with Gasteiger partial charge in [0.05, 0.1) is 32.5 Å². The van der Waals surface area contributed by atoms with Gasteiger partial charge in [-0.15, -0.1) is 5.92 Å². The highest BCUT2D eigenvalue weighted by atomic mass is 16.5. The van der Waals surface area contributed by atoms with Gasteiger partial charge in [-0.1, -0.05) is 5.92 Å². The molecular formula is C11H21NO3. The van der Waals surface area contributed by atoms with Crippen molar-refractivity contribution in [1.82, 2.24) is 5.32 Å². The van der Waals surface area contributed by atoms with Crippen LogP contribution in [0.4, 0.5) is 0 Å². The first kappa shape index (κ1) is 14.4. The molecule has 0 bridgehead atoms. The molecule has 0 aromatic rings. The molecule has 0 aromatic carbocycles. The van der Waals surface area contributed by atoms with Crippen LogP contribution in [0.25, 0.3) is 0 Å². The molecule has 0 aliphatic rings. The molecule has 2 N–H and O–H groups in total. The van der Waals surface area contributed by atoms with E-state index in [1.807, 2.05) is 6.92 Å². The summed E-state index contributed by atoms with van der Waals surface area (Å²) in [5, 5.41) is 12.4. The molecule has 0 aliphatic heterocycles. The lowest BCUT2D eigenvalue weighted by atomic mass is 10.4. The fourth-order valence-electron chi connectivity index (χ4n) is 0.930. The summed E-state index contributed by atoms with van der Waals surface area (Å²) in [6, 6.07) is 0. The maximum absolute atomic E-state index is 9.43. The van der Waals surface area contributed by atoms with Crippen molar-refractivity contribution < 1.29 is 14.6 Å². The van der Waals surface area contributed by atoms with Crippen molar-refractivity contribution >= 4 is 0 Å². The van der Waals surface area contributed by atoms with Crippen molar-refractivity contribution in [3.8, 4) is 11.8 Å². The van der Waals surface area contributed by atoms with Gasteiger partial charge in [0.15, 0.2) is 0 Å². The van der Waals surface area contributed by atoms with Gasteiger partial charge in [-0.3, -0.25) is 0 Å². The van der Waals surface area contributed by atoms with Crippen LogP contribution in [0.15, 0.2) is 0 Å². The fourth-order valence-corrected chi connectivity index (χ4v) is 0.930. The molecule has 0 saturated carbocycles. The van der Waals surface area contributed by atoms with Crippen LogP contribution >= 0.6 is 0 Å². The van der Waals surface area contributed by atoms with Gasteiger partial charge in [-0.05, 0) is 13.8 Å². The lowest BCUT2D eigenvalue weighted by Crippen LogP contribution is -2.31. The van der Waals surface area contributed by atoms with E-state index in [1.165, 1.54) is 0 Å². The Morgan fingerprint density at radius 1 is 1.33 bits per heavy atom. The SMILES string of the molecule is CC#CCNCC(O)COCCOCC. The van der Waals surface area contributed by atoms with Gasteiger partial charge >= 0.3 is 0 Å². The Hall–Kier alpha value is -0.600. The molecule has 1 atom stereocenters. The Labute approximate surface area is 92.0 Å². The van der Waals surface area contributed by atoms with E-state index >= 15 is 0 Å². The standard InChI is InChI=1S/C11H21NO3/c1-3-5-6-12-9-11(13)10-15-8-7-14-4-2/h11-13H,4,6-10H2,1-2H3. The van der Waals surface area contributed by atoms with E-state index in [-0.39, 0.29) is 0 Å². The maximum atomic E-state index is 9.43. The maximum Gasteiger partial charge on any atom is 0.0898 e. The smallest absolute Gasteiger partial charge is 0.0898 e. The van der Waals surface area contributed by atoms with Gasteiger partial charge in [-0.2, -0.15) is 0 Å². The normalized spacial score (nSPS) is 11.9. The Morgan fingerprint density at radius 2 is 2.07 bits per heavy atom. The molecule has 0 rings (SSSR count). The summed E-state index contributed by atoms with van der Waals surface area (Å²) < 4.78 is 10.3. The highest BCUT2D eigenvalue weighted by molar-refractivity contribution is 4.96. The summed E-state index contributed by atoms with van der Waals surface area (Å²) in [5.74, 6) is 5.62. The zero-order chi connectivity index (χ0) is 11.4. The summed E-state index contributed by atoms with van der Waals surface area (Å²) in [7, 11) is 0. The van der Waals surface area contributed by atoms with Crippen LogP contribution in [0, 0.1) is 11.8 Å². The topological polar surface area (TPSA) is 50.7 Å². The molecule has 15 heavy (non-hydrogen) atoms. The molecule has 0 aromatic heterocycles. The van der Waals surface area contributed by atoms with Crippen LogP contribution in [-0.2, 0) is 9.47 Å². The van der Waals surface area contributed by atoms with Crippen LogP contribution in [0.1, 0.15) is 13.8 Å². The van der Waals surface area contributed by atoms with Crippen LogP contribution in [0.2, 0.25) is 0 Å². The number of aliphatic hydroxyl groups is 1. The molecule has 0 radical (unpaired) electrons. The van der Waals surface area contributed by atoms with Crippen LogP contribution in [-0.4, -0.2) is 50.7 Å². The zero-order valence-electron chi connectivity index (χ0n) is 9.58. The lowest BCUT2D eigenvalue weighted by molar-refractivity contribution is 0.00682. The first-order valence-corrected chi connectivity index (χ1v) is 5.25. The highest BCUT2D eigenvalue weighted by Crippen LogP contribution is 1.84. The predicted octanol–water partition coefficient (Wildman–Crippen LogP) is 0.0133. The largest absolute Gasteiger partial charge is 0.389 e. The van der Waals surface area contributed by atoms with Crippen molar-refractivity contribution in [2.45, 2.75) is 20.0 Å². The van der Waals surface area contributed by atoms with Gasteiger partial charge in [0.2, 0.25) is 0 Å². The molecule has 0 aliphatic carbocycles. The number of rotatable bonds is 9. The molecule has 0 heterocycles. The second kappa shape index (κ2) is 11.5. The second-order valence-electron chi connectivity index (χ2n) is 2.98. The minimum atomic E-state index is -0.481. The number of hydrogen-bond donors (Lipinski definition) is 2. The van der Waals surface area contributed by atoms with Crippen molar-refractivity contribution in [3.05, 3.63) is 0 Å². The van der Waals surface area contributed by atoms with Gasteiger partial charge < -0.3 is 19.9 Å². The van der Waals surface area contributed by atoms with Gasteiger partial charge in [0.25, 0.3) is 0 Å². The summed E-state index contributed by atoms with van der Waals surface area (Å²) in [4.78, 5) is 0. The molecule has 0 spiro atoms. The van der Waals surface area contributed by atoms with Crippen molar-refractivity contribution in [3.63, 3.8) is 0 Å². The fraction of sp³-hybridized carbons (Fsp3) is 0.818. The van der Waals surface area contributed by atoms with Gasteiger partial charge in [-0.25, -0.2) is 0 Å². The minimum absolute atomic E-state index is 0.333. The number of aliphatic hydroxyl groups excluding tert-OH is 1. The average Bonchev–Trinajstić information content (AvgIpc) is 2.24. The third-order valence-corrected chi connectivity index (χ3v) is 1.66. The quantitative estimate of drug-likeness (QED) is 0.420. The van der Waals surface area contributed by atoms with Gasteiger partial charge in [0, 0.05) is 13.2 Å². The molecular weight excluding hydrogens is 194 g/mol. The van der Waals surface area contributed by atoms with Crippen molar-refractivity contribution in [1.29, 1.82) is 0 Å². The molecule has 88 valence electrons. The van der Waals surface area contributed by atoms with E-state index in [9.17, 15) is 5.11 Å². The summed E-state index contributed by atoms with van der Waals surface area (Å²) in [6.07, 6.45) is -0.481. The third kappa shape index (κ3) is 11.3. The number of hydrogen-bond acceptors (Lipinski definition) is 4. The molecule has 0 fully saturated rings. The molecule has 4 heteroatoms. The molecule has 1 unspecified atom stereocenters. The third-order valence-electron chi connectivity index (χ3n) is 1.66. The first-order chi connectivity index (χ1) is 7.31. The average molecular weight is 215 g/mol. The Bertz CT molecular complexity index is 186. The van der Waals surface area contributed by atoms with Crippen LogP contribution in [0.3, 0.4) is 0 Å². The van der Waals surface area contributed by atoms with Crippen LogP contribution in [0.5, 0.6) is 0 Å². The molecule has 0 saturated heterocycles. The summed E-state index contributed by atoms with van der Waals surface area (Å²) in [6.45, 7) is 6.97. The van der Waals surface area contributed by atoms with Gasteiger partial charge in [0.1, 0.15) is 0 Å². The summed E-state index contributed by atoms with van der Waals surface area (Å²) in [5.41, 5.74) is 0. The second-order valence-corrected chi connectivity index (χ2v) is 2.98. The van der Waals surface area contributed by atoms with Crippen LogP contribution < -0.4 is 5.32 Å². The van der Waals surface area contributed by atoms with E-state index < -0.39 is 6.10 Å². The van der Waals surface area contributed by atoms with Crippen molar-refractivity contribution in [2.24, 2.45) is 0 Å². The van der Waals surface area contributed by atoms with E-state index in [0.717, 1.165) is 0 Å². The monoisotopic (exact) mass is 215 g/mol. The van der Waals surface area contributed by atoms with E-state index in [0.29, 0.717) is 39.5 Å². The number of nitrogens with one attached hydrogen (secondary N) is 1. The Morgan fingerprint density at radius 3 is 2.73 bits per heavy atom. The zero-order valence-corrected chi connectivity index (χ0v) is 9.58. The Kier molecular flexibility index (Phi) is 11.0. The predicted molar refractivity (Wildman–Crippen MR) is 59.6 cm³/mol. The number of ether oxygens (including phenoxy) is 2. The molecule has 0 amide bonds. The molecule has 4 nitrogen and oxygen atoms in total. The van der Waals surface area contributed by atoms with E-state index in [1.54, 1.807) is 6.92 Å². The summed E-state index contributed by atoms with van der Waals surface area (Å²) >= 11 is 0. The lowest BCUT2D eigenvalue weighted by Gasteiger charge is -2.11. The highest BCUT2D eigenvalue weighted by Gasteiger charge is 2.02.